The Labute approximate surface area is 126 Å². The number of nitro groups is 1. The molecule has 108 valence electrons. The molecule has 0 atom stereocenters. The van der Waals surface area contributed by atoms with Gasteiger partial charge in [-0.2, -0.15) is 0 Å². The van der Waals surface area contributed by atoms with Gasteiger partial charge in [0.2, 0.25) is 0 Å². The average Bonchev–Trinajstić information content (AvgIpc) is 2.40. The van der Waals surface area contributed by atoms with Gasteiger partial charge in [-0.15, -0.1) is 0 Å². The van der Waals surface area contributed by atoms with Crippen LogP contribution in [0.15, 0.2) is 40.9 Å². The number of halogens is 2. The topological polar surface area (TPSA) is 92.5 Å². The number of hydrogen-bond acceptors (Lipinski definition) is 4. The van der Waals surface area contributed by atoms with Crippen LogP contribution in [0.25, 0.3) is 0 Å². The Balaban J connectivity index is 2.34. The minimum Gasteiger partial charge on any atom is -0.478 e. The van der Waals surface area contributed by atoms with Gasteiger partial charge in [-0.25, -0.2) is 9.18 Å². The first-order chi connectivity index (χ1) is 9.86. The number of hydrogen-bond donors (Lipinski definition) is 2. The van der Waals surface area contributed by atoms with Crippen molar-refractivity contribution in [2.45, 2.75) is 0 Å². The second kappa shape index (κ2) is 5.88. The van der Waals surface area contributed by atoms with Crippen molar-refractivity contribution < 1.29 is 19.2 Å². The molecule has 0 aliphatic carbocycles. The van der Waals surface area contributed by atoms with E-state index in [1.165, 1.54) is 24.3 Å². The summed E-state index contributed by atoms with van der Waals surface area (Å²) in [5.74, 6) is -1.83. The van der Waals surface area contributed by atoms with Gasteiger partial charge in [0.15, 0.2) is 0 Å². The number of nitrogens with zero attached hydrogens (tertiary/aromatic N) is 1. The van der Waals surface area contributed by atoms with Crippen molar-refractivity contribution in [1.82, 2.24) is 0 Å². The summed E-state index contributed by atoms with van der Waals surface area (Å²) in [7, 11) is 0. The van der Waals surface area contributed by atoms with Crippen LogP contribution in [0.2, 0.25) is 0 Å². The summed E-state index contributed by atoms with van der Waals surface area (Å²) in [6.07, 6.45) is 0. The quantitative estimate of drug-likeness (QED) is 0.640. The molecule has 0 aliphatic heterocycles. The molecule has 0 saturated carbocycles. The molecule has 2 aromatic carbocycles. The van der Waals surface area contributed by atoms with E-state index in [1.54, 1.807) is 0 Å². The van der Waals surface area contributed by atoms with E-state index in [1.807, 2.05) is 0 Å². The summed E-state index contributed by atoms with van der Waals surface area (Å²) in [6.45, 7) is 0. The molecule has 0 radical (unpaired) electrons. The first-order valence-electron chi connectivity index (χ1n) is 5.61. The fourth-order valence-electron chi connectivity index (χ4n) is 1.66. The van der Waals surface area contributed by atoms with Gasteiger partial charge in [-0.1, -0.05) is 0 Å². The van der Waals surface area contributed by atoms with Crippen molar-refractivity contribution in [3.05, 3.63) is 62.4 Å². The van der Waals surface area contributed by atoms with Crippen LogP contribution >= 0.6 is 15.9 Å². The van der Waals surface area contributed by atoms with E-state index in [0.29, 0.717) is 10.2 Å². The van der Waals surface area contributed by atoms with Crippen molar-refractivity contribution in [2.75, 3.05) is 5.32 Å². The van der Waals surface area contributed by atoms with E-state index in [4.69, 9.17) is 5.11 Å². The third kappa shape index (κ3) is 3.54. The van der Waals surface area contributed by atoms with E-state index < -0.39 is 16.7 Å². The maximum absolute atomic E-state index is 13.3. The van der Waals surface area contributed by atoms with Crippen LogP contribution in [0.1, 0.15) is 10.4 Å². The summed E-state index contributed by atoms with van der Waals surface area (Å²) >= 11 is 3.19. The van der Waals surface area contributed by atoms with Crippen LogP contribution in [-0.2, 0) is 0 Å². The van der Waals surface area contributed by atoms with Crippen molar-refractivity contribution in [1.29, 1.82) is 0 Å². The number of carbonyl (C=O) groups is 1. The molecule has 6 nitrogen and oxygen atoms in total. The maximum Gasteiger partial charge on any atom is 0.335 e. The SMILES string of the molecule is O=C(O)c1ccc(Nc2cc(F)cc([N+](=O)[O-])c2)c(Br)c1. The normalized spacial score (nSPS) is 10.2. The second-order valence-corrected chi connectivity index (χ2v) is 4.93. The Morgan fingerprint density at radius 2 is 2.00 bits per heavy atom. The zero-order valence-corrected chi connectivity index (χ0v) is 11.9. The molecule has 0 saturated heterocycles. The standard InChI is InChI=1S/C13H8BrFN2O4/c14-11-3-7(13(18)19)1-2-12(11)16-9-4-8(15)5-10(6-9)17(20)21/h1-6,16H,(H,18,19). The highest BCUT2D eigenvalue weighted by molar-refractivity contribution is 9.10. The Bertz CT molecular complexity index is 736. The van der Waals surface area contributed by atoms with Gasteiger partial charge in [0, 0.05) is 16.2 Å². The number of nitro benzene ring substituents is 1. The first-order valence-corrected chi connectivity index (χ1v) is 6.41. The van der Waals surface area contributed by atoms with Crippen LogP contribution in [0.5, 0.6) is 0 Å². The molecule has 0 heterocycles. The van der Waals surface area contributed by atoms with Crippen LogP contribution in [0.4, 0.5) is 21.5 Å². The number of carboxylic acids is 1. The second-order valence-electron chi connectivity index (χ2n) is 4.08. The summed E-state index contributed by atoms with van der Waals surface area (Å²) in [5.41, 5.74) is 0.346. The number of benzene rings is 2. The Morgan fingerprint density at radius 3 is 2.57 bits per heavy atom. The van der Waals surface area contributed by atoms with Crippen LogP contribution in [0.3, 0.4) is 0 Å². The molecule has 0 aromatic heterocycles. The summed E-state index contributed by atoms with van der Waals surface area (Å²) in [6, 6.07) is 7.31. The smallest absolute Gasteiger partial charge is 0.335 e. The fourth-order valence-corrected chi connectivity index (χ4v) is 2.13. The van der Waals surface area contributed by atoms with Gasteiger partial charge in [0.25, 0.3) is 5.69 Å². The van der Waals surface area contributed by atoms with Crippen molar-refractivity contribution in [3.8, 4) is 0 Å². The lowest BCUT2D eigenvalue weighted by molar-refractivity contribution is -0.385. The van der Waals surface area contributed by atoms with Crippen molar-refractivity contribution in [2.24, 2.45) is 0 Å². The van der Waals surface area contributed by atoms with Gasteiger partial charge in [0.05, 0.1) is 22.2 Å². The zero-order valence-electron chi connectivity index (χ0n) is 10.3. The lowest BCUT2D eigenvalue weighted by Crippen LogP contribution is -1.99. The number of non-ortho nitro benzene ring substituents is 1. The predicted octanol–water partition coefficient (Wildman–Crippen LogP) is 3.94. The Kier molecular flexibility index (Phi) is 4.18. The molecule has 0 aliphatic rings. The summed E-state index contributed by atoms with van der Waals surface area (Å²) < 4.78 is 13.8. The van der Waals surface area contributed by atoms with Crippen LogP contribution < -0.4 is 5.32 Å². The highest BCUT2D eigenvalue weighted by atomic mass is 79.9. The molecule has 0 unspecified atom stereocenters. The predicted molar refractivity (Wildman–Crippen MR) is 77.4 cm³/mol. The number of anilines is 2. The number of nitrogens with one attached hydrogen (secondary N) is 1. The highest BCUT2D eigenvalue weighted by Gasteiger charge is 2.12. The third-order valence-electron chi connectivity index (χ3n) is 2.59. The van der Waals surface area contributed by atoms with Gasteiger partial charge < -0.3 is 10.4 Å². The largest absolute Gasteiger partial charge is 0.478 e. The van der Waals surface area contributed by atoms with Crippen molar-refractivity contribution in [3.63, 3.8) is 0 Å². The molecule has 8 heteroatoms. The molecule has 2 aromatic rings. The first kappa shape index (κ1) is 14.9. The molecule has 0 bridgehead atoms. The van der Waals surface area contributed by atoms with Crippen LogP contribution in [-0.4, -0.2) is 16.0 Å². The third-order valence-corrected chi connectivity index (χ3v) is 3.24. The molecular weight excluding hydrogens is 347 g/mol. The van der Waals surface area contributed by atoms with Gasteiger partial charge in [-0.05, 0) is 40.2 Å². The van der Waals surface area contributed by atoms with E-state index in [-0.39, 0.29) is 16.9 Å². The van der Waals surface area contributed by atoms with Gasteiger partial charge in [0.1, 0.15) is 5.82 Å². The molecule has 2 rings (SSSR count). The van der Waals surface area contributed by atoms with Gasteiger partial charge >= 0.3 is 5.97 Å². The Hall–Kier alpha value is -2.48. The molecule has 0 spiro atoms. The number of rotatable bonds is 4. The summed E-state index contributed by atoms with van der Waals surface area (Å²) in [4.78, 5) is 20.8. The zero-order chi connectivity index (χ0) is 15.6. The van der Waals surface area contributed by atoms with Crippen molar-refractivity contribution >= 4 is 39.0 Å². The average molecular weight is 355 g/mol. The molecule has 0 amide bonds. The minimum atomic E-state index is -1.08. The lowest BCUT2D eigenvalue weighted by Gasteiger charge is -2.09. The molecule has 2 N–H and O–H groups in total. The van der Waals surface area contributed by atoms with E-state index in [0.717, 1.165) is 12.1 Å². The maximum atomic E-state index is 13.3. The lowest BCUT2D eigenvalue weighted by atomic mass is 10.2. The molecular formula is C13H8BrFN2O4. The molecule has 0 fully saturated rings. The monoisotopic (exact) mass is 354 g/mol. The van der Waals surface area contributed by atoms with E-state index in [9.17, 15) is 19.3 Å². The van der Waals surface area contributed by atoms with Crippen LogP contribution in [0, 0.1) is 15.9 Å². The molecule has 21 heavy (non-hydrogen) atoms. The van der Waals surface area contributed by atoms with E-state index in [2.05, 4.69) is 21.2 Å². The van der Waals surface area contributed by atoms with E-state index >= 15 is 0 Å². The van der Waals surface area contributed by atoms with Gasteiger partial charge in [-0.3, -0.25) is 10.1 Å². The minimum absolute atomic E-state index is 0.0812. The summed E-state index contributed by atoms with van der Waals surface area (Å²) in [5, 5.41) is 22.3. The fraction of sp³-hybridized carbons (Fsp3) is 0. The Morgan fingerprint density at radius 1 is 1.29 bits per heavy atom. The highest BCUT2D eigenvalue weighted by Crippen LogP contribution is 2.29. The number of carboxylic acid groups (broad SMARTS) is 1. The number of aromatic carboxylic acids is 1.